The van der Waals surface area contributed by atoms with Crippen molar-refractivity contribution in [3.05, 3.63) is 64.2 Å². The van der Waals surface area contributed by atoms with Gasteiger partial charge in [0.25, 0.3) is 0 Å². The first kappa shape index (κ1) is 28.6. The lowest BCUT2D eigenvalue weighted by Gasteiger charge is -2.51. The van der Waals surface area contributed by atoms with Crippen LogP contribution in [0.3, 0.4) is 0 Å². The smallest absolute Gasteiger partial charge is 0.478 e. The van der Waals surface area contributed by atoms with Crippen LogP contribution in [0, 0.1) is 30.1 Å². The number of rotatable bonds is 7. The fourth-order valence-corrected chi connectivity index (χ4v) is 8.42. The highest BCUT2D eigenvalue weighted by Gasteiger charge is 2.56. The topological polar surface area (TPSA) is 97.7 Å². The van der Waals surface area contributed by atoms with Crippen molar-refractivity contribution in [1.29, 1.82) is 0 Å². The molecule has 5 rings (SSSR count). The van der Waals surface area contributed by atoms with Crippen molar-refractivity contribution in [2.24, 2.45) is 23.2 Å². The highest BCUT2D eigenvalue weighted by atomic mass is 32.2. The molecule has 3 aliphatic rings. The van der Waals surface area contributed by atoms with E-state index in [1.807, 2.05) is 13.0 Å². The molecule has 0 aliphatic heterocycles. The standard InChI is InChI=1S/C30H33F3O6S/c1-17-15-20(28(35)36)16-19-6-9-22-23(27(17)19)13-14-29(2)24(22)10-11-25(29)26(34)12-5-18-3-7-21(8-4-18)39-40(37,38)30(31,32)33/h3-4,7-8,15-16,22-25H,5-6,9-14H2,1-2H3,(H,35,36)/t22-,23+,24+,25-,29+/m1/s1. The Kier molecular flexibility index (Phi) is 7.30. The molecule has 0 amide bonds. The molecular formula is C30H33F3O6S. The first-order valence-corrected chi connectivity index (χ1v) is 15.1. The summed E-state index contributed by atoms with van der Waals surface area (Å²) < 4.78 is 64.2. The Labute approximate surface area is 232 Å². The van der Waals surface area contributed by atoms with Crippen molar-refractivity contribution >= 4 is 21.9 Å². The van der Waals surface area contributed by atoms with E-state index in [1.54, 1.807) is 6.07 Å². The van der Waals surface area contributed by atoms with Crippen LogP contribution in [-0.2, 0) is 27.8 Å². The van der Waals surface area contributed by atoms with Gasteiger partial charge in [0, 0.05) is 12.3 Å². The maximum atomic E-state index is 13.5. The van der Waals surface area contributed by atoms with Gasteiger partial charge in [-0.15, -0.1) is 0 Å². The van der Waals surface area contributed by atoms with Gasteiger partial charge in [-0.1, -0.05) is 19.1 Å². The van der Waals surface area contributed by atoms with E-state index >= 15 is 0 Å². The molecule has 216 valence electrons. The van der Waals surface area contributed by atoms with Gasteiger partial charge in [0.2, 0.25) is 0 Å². The number of aromatic carboxylic acids is 1. The number of fused-ring (bicyclic) bond motifs is 5. The van der Waals surface area contributed by atoms with Gasteiger partial charge in [0.15, 0.2) is 0 Å². The maximum absolute atomic E-state index is 13.5. The first-order valence-electron chi connectivity index (χ1n) is 13.7. The molecule has 2 aromatic carbocycles. The summed E-state index contributed by atoms with van der Waals surface area (Å²) in [5.74, 6) is 0.105. The number of aryl methyl sites for hydroxylation is 3. The second-order valence-electron chi connectivity index (χ2n) is 11.9. The lowest BCUT2D eigenvalue weighted by molar-refractivity contribution is -0.128. The number of carboxylic acid groups (broad SMARTS) is 1. The third-order valence-corrected chi connectivity index (χ3v) is 10.7. The number of hydrogen-bond donors (Lipinski definition) is 1. The number of hydrogen-bond acceptors (Lipinski definition) is 5. The van der Waals surface area contributed by atoms with Crippen LogP contribution < -0.4 is 4.18 Å². The predicted molar refractivity (Wildman–Crippen MR) is 142 cm³/mol. The summed E-state index contributed by atoms with van der Waals surface area (Å²) in [6.45, 7) is 4.27. The molecule has 0 aromatic heterocycles. The molecule has 0 unspecified atom stereocenters. The number of benzene rings is 2. The van der Waals surface area contributed by atoms with Crippen molar-refractivity contribution in [3.8, 4) is 5.75 Å². The largest absolute Gasteiger partial charge is 0.534 e. The molecule has 1 N–H and O–H groups in total. The number of halogens is 3. The minimum absolute atomic E-state index is 0.0464. The van der Waals surface area contributed by atoms with Crippen molar-refractivity contribution in [2.75, 3.05) is 0 Å². The summed E-state index contributed by atoms with van der Waals surface area (Å²) in [5, 5.41) is 9.48. The zero-order chi connectivity index (χ0) is 29.0. The van der Waals surface area contributed by atoms with Gasteiger partial charge >= 0.3 is 21.6 Å². The number of carboxylic acids is 1. The third-order valence-electron chi connectivity index (χ3n) is 9.74. The van der Waals surface area contributed by atoms with Gasteiger partial charge in [-0.05, 0) is 122 Å². The molecule has 0 saturated heterocycles. The fraction of sp³-hybridized carbons (Fsp3) is 0.533. The van der Waals surface area contributed by atoms with E-state index < -0.39 is 27.3 Å². The number of Topliss-reactive ketones (excluding diaryl/α,β-unsaturated/α-hetero) is 1. The second kappa shape index (κ2) is 10.2. The molecule has 2 saturated carbocycles. The Morgan fingerprint density at radius 3 is 2.42 bits per heavy atom. The molecule has 3 aliphatic carbocycles. The third kappa shape index (κ3) is 5.03. The molecule has 0 bridgehead atoms. The Bertz CT molecular complexity index is 1430. The van der Waals surface area contributed by atoms with Crippen LogP contribution in [0.1, 0.15) is 84.0 Å². The van der Waals surface area contributed by atoms with Gasteiger partial charge in [0.1, 0.15) is 11.5 Å². The van der Waals surface area contributed by atoms with E-state index in [2.05, 4.69) is 11.1 Å². The number of carbonyl (C=O) groups is 2. The quantitative estimate of drug-likeness (QED) is 0.294. The lowest BCUT2D eigenvalue weighted by atomic mass is 9.53. The van der Waals surface area contributed by atoms with Gasteiger partial charge in [0.05, 0.1) is 5.56 Å². The Balaban J connectivity index is 1.24. The van der Waals surface area contributed by atoms with Crippen LogP contribution in [-0.4, -0.2) is 30.8 Å². The van der Waals surface area contributed by atoms with Gasteiger partial charge in [-0.2, -0.15) is 21.6 Å². The van der Waals surface area contributed by atoms with E-state index in [1.165, 1.54) is 29.8 Å². The average Bonchev–Trinajstić information content (AvgIpc) is 3.24. The summed E-state index contributed by atoms with van der Waals surface area (Å²) in [6.07, 6.45) is 6.32. The van der Waals surface area contributed by atoms with E-state index in [4.69, 9.17) is 0 Å². The minimum Gasteiger partial charge on any atom is -0.478 e. The molecule has 0 heterocycles. The van der Waals surface area contributed by atoms with Gasteiger partial charge in [-0.25, -0.2) is 4.79 Å². The Hall–Kier alpha value is -2.88. The number of alkyl halides is 3. The predicted octanol–water partition coefficient (Wildman–Crippen LogP) is 6.60. The summed E-state index contributed by atoms with van der Waals surface area (Å²) in [7, 11) is -5.73. The first-order chi connectivity index (χ1) is 18.7. The number of carbonyl (C=O) groups excluding carboxylic acids is 1. The van der Waals surface area contributed by atoms with E-state index in [9.17, 15) is 36.3 Å². The highest BCUT2D eigenvalue weighted by Crippen LogP contribution is 2.63. The van der Waals surface area contributed by atoms with Gasteiger partial charge < -0.3 is 9.29 Å². The van der Waals surface area contributed by atoms with Crippen LogP contribution in [0.4, 0.5) is 13.2 Å². The monoisotopic (exact) mass is 578 g/mol. The SMILES string of the molecule is Cc1cc(C(=O)O)cc2c1[C@H]1CC[C@]3(C)[C@@H](C(=O)CCc4ccc(OS(=O)(=O)C(F)(F)F)cc4)CC[C@H]3[C@@H]1CC2. The zero-order valence-corrected chi connectivity index (χ0v) is 23.3. The Morgan fingerprint density at radius 2 is 1.77 bits per heavy atom. The molecular weight excluding hydrogens is 545 g/mol. The summed E-state index contributed by atoms with van der Waals surface area (Å²) in [6, 6.07) is 8.92. The fourth-order valence-electron chi connectivity index (χ4n) is 7.96. The summed E-state index contributed by atoms with van der Waals surface area (Å²) >= 11 is 0. The number of ketones is 1. The molecule has 2 aromatic rings. The maximum Gasteiger partial charge on any atom is 0.534 e. The summed E-state index contributed by atoms with van der Waals surface area (Å²) in [5.41, 5.74) is -1.02. The van der Waals surface area contributed by atoms with Crippen LogP contribution in [0.15, 0.2) is 36.4 Å². The van der Waals surface area contributed by atoms with Crippen molar-refractivity contribution in [1.82, 2.24) is 0 Å². The average molecular weight is 579 g/mol. The highest BCUT2D eigenvalue weighted by molar-refractivity contribution is 7.88. The minimum atomic E-state index is -5.73. The molecule has 0 spiro atoms. The van der Waals surface area contributed by atoms with Crippen molar-refractivity contribution in [2.45, 2.75) is 76.6 Å². The Morgan fingerprint density at radius 1 is 1.07 bits per heavy atom. The molecule has 5 atom stereocenters. The molecule has 0 radical (unpaired) electrons. The van der Waals surface area contributed by atoms with Crippen LogP contribution >= 0.6 is 0 Å². The van der Waals surface area contributed by atoms with Crippen molar-refractivity contribution < 1.29 is 40.5 Å². The summed E-state index contributed by atoms with van der Waals surface area (Å²) in [4.78, 5) is 25.0. The molecule has 2 fully saturated rings. The molecule has 40 heavy (non-hydrogen) atoms. The van der Waals surface area contributed by atoms with E-state index in [0.717, 1.165) is 49.7 Å². The molecule has 10 heteroatoms. The van der Waals surface area contributed by atoms with E-state index in [-0.39, 0.29) is 17.1 Å². The zero-order valence-electron chi connectivity index (χ0n) is 22.5. The lowest BCUT2D eigenvalue weighted by Crippen LogP contribution is -2.44. The van der Waals surface area contributed by atoms with Crippen LogP contribution in [0.25, 0.3) is 0 Å². The van der Waals surface area contributed by atoms with Crippen LogP contribution in [0.5, 0.6) is 5.75 Å². The van der Waals surface area contributed by atoms with Gasteiger partial charge in [-0.3, -0.25) is 4.79 Å². The van der Waals surface area contributed by atoms with Crippen LogP contribution in [0.2, 0.25) is 0 Å². The molecule has 6 nitrogen and oxygen atoms in total. The van der Waals surface area contributed by atoms with Crippen molar-refractivity contribution in [3.63, 3.8) is 0 Å². The van der Waals surface area contributed by atoms with E-state index in [0.29, 0.717) is 41.7 Å². The second-order valence-corrected chi connectivity index (χ2v) is 13.4. The normalized spacial score (nSPS) is 27.8.